The highest BCUT2D eigenvalue weighted by atomic mass is 16.5. The molecule has 1 aliphatic rings. The Kier molecular flexibility index (Phi) is 5.46. The van der Waals surface area contributed by atoms with Gasteiger partial charge in [-0.15, -0.1) is 0 Å². The summed E-state index contributed by atoms with van der Waals surface area (Å²) in [5.41, 5.74) is 2.86. The van der Waals surface area contributed by atoms with Gasteiger partial charge in [-0.3, -0.25) is 0 Å². The quantitative estimate of drug-likeness (QED) is 0.819. The number of nitrogens with zero attached hydrogens (tertiary/aromatic N) is 1. The third-order valence-corrected chi connectivity index (χ3v) is 3.80. The van der Waals surface area contributed by atoms with E-state index in [0.717, 1.165) is 26.2 Å². The SMILES string of the molecule is CCn1c(CNCC2CCCO2)ccc1CC(C)C. The summed E-state index contributed by atoms with van der Waals surface area (Å²) in [6.07, 6.45) is 4.02. The minimum absolute atomic E-state index is 0.431. The number of aromatic nitrogens is 1. The average Bonchev–Trinajstić information content (AvgIpc) is 2.99. The molecule has 0 radical (unpaired) electrons. The molecule has 0 amide bonds. The van der Waals surface area contributed by atoms with Gasteiger partial charge in [0.25, 0.3) is 0 Å². The largest absolute Gasteiger partial charge is 0.377 e. The predicted molar refractivity (Wildman–Crippen MR) is 79.3 cm³/mol. The highest BCUT2D eigenvalue weighted by Crippen LogP contribution is 2.15. The normalized spacial score (nSPS) is 19.5. The van der Waals surface area contributed by atoms with E-state index in [1.165, 1.54) is 30.7 Å². The molecule has 108 valence electrons. The summed E-state index contributed by atoms with van der Waals surface area (Å²) in [5, 5.41) is 3.54. The van der Waals surface area contributed by atoms with E-state index in [0.29, 0.717) is 12.0 Å². The van der Waals surface area contributed by atoms with Crippen molar-refractivity contribution in [3.05, 3.63) is 23.5 Å². The Morgan fingerprint density at radius 3 is 2.79 bits per heavy atom. The molecule has 1 aromatic heterocycles. The number of hydrogen-bond donors (Lipinski definition) is 1. The number of nitrogens with one attached hydrogen (secondary N) is 1. The lowest BCUT2D eigenvalue weighted by atomic mass is 10.1. The standard InChI is InChI=1S/C16H28N2O/c1-4-18-14(10-13(2)3)7-8-15(18)11-17-12-16-6-5-9-19-16/h7-8,13,16-17H,4-6,9-12H2,1-3H3. The van der Waals surface area contributed by atoms with Crippen LogP contribution in [0.3, 0.4) is 0 Å². The number of ether oxygens (including phenoxy) is 1. The molecule has 1 N–H and O–H groups in total. The van der Waals surface area contributed by atoms with Crippen LogP contribution in [0.25, 0.3) is 0 Å². The van der Waals surface area contributed by atoms with E-state index in [1.54, 1.807) is 0 Å². The summed E-state index contributed by atoms with van der Waals surface area (Å²) in [6.45, 7) is 10.7. The van der Waals surface area contributed by atoms with Gasteiger partial charge in [0.2, 0.25) is 0 Å². The summed E-state index contributed by atoms with van der Waals surface area (Å²) in [6, 6.07) is 4.55. The van der Waals surface area contributed by atoms with E-state index in [2.05, 4.69) is 42.8 Å². The molecule has 1 aliphatic heterocycles. The summed E-state index contributed by atoms with van der Waals surface area (Å²) in [4.78, 5) is 0. The second kappa shape index (κ2) is 7.11. The van der Waals surface area contributed by atoms with E-state index < -0.39 is 0 Å². The molecule has 0 spiro atoms. The Morgan fingerprint density at radius 1 is 1.37 bits per heavy atom. The van der Waals surface area contributed by atoms with Crippen molar-refractivity contribution in [1.82, 2.24) is 9.88 Å². The second-order valence-corrected chi connectivity index (χ2v) is 5.92. The summed E-state index contributed by atoms with van der Waals surface area (Å²) in [7, 11) is 0. The minimum atomic E-state index is 0.431. The fourth-order valence-electron chi connectivity index (χ4n) is 2.88. The molecule has 1 unspecified atom stereocenters. The van der Waals surface area contributed by atoms with Crippen molar-refractivity contribution in [3.8, 4) is 0 Å². The molecule has 1 fully saturated rings. The zero-order valence-electron chi connectivity index (χ0n) is 12.6. The van der Waals surface area contributed by atoms with Crippen molar-refractivity contribution in [3.63, 3.8) is 0 Å². The van der Waals surface area contributed by atoms with Gasteiger partial charge in [-0.1, -0.05) is 13.8 Å². The van der Waals surface area contributed by atoms with Gasteiger partial charge in [-0.25, -0.2) is 0 Å². The number of rotatable bonds is 7. The molecule has 1 saturated heterocycles. The van der Waals surface area contributed by atoms with Gasteiger partial charge in [-0.2, -0.15) is 0 Å². The van der Waals surface area contributed by atoms with E-state index in [9.17, 15) is 0 Å². The first-order valence-corrected chi connectivity index (χ1v) is 7.70. The highest BCUT2D eigenvalue weighted by molar-refractivity contribution is 5.17. The Labute approximate surface area is 117 Å². The smallest absolute Gasteiger partial charge is 0.0700 e. The molecule has 3 heteroatoms. The summed E-state index contributed by atoms with van der Waals surface area (Å²) >= 11 is 0. The Balaban J connectivity index is 1.86. The van der Waals surface area contributed by atoms with Crippen LogP contribution in [0.2, 0.25) is 0 Å². The van der Waals surface area contributed by atoms with Crippen LogP contribution in [0.1, 0.15) is 45.0 Å². The molecule has 2 heterocycles. The zero-order valence-corrected chi connectivity index (χ0v) is 12.6. The van der Waals surface area contributed by atoms with Crippen LogP contribution in [0.4, 0.5) is 0 Å². The third-order valence-electron chi connectivity index (χ3n) is 3.80. The molecule has 3 nitrogen and oxygen atoms in total. The lowest BCUT2D eigenvalue weighted by Crippen LogP contribution is -2.26. The molecule has 0 saturated carbocycles. The summed E-state index contributed by atoms with van der Waals surface area (Å²) in [5.74, 6) is 0.716. The maximum Gasteiger partial charge on any atom is 0.0700 e. The molecule has 0 aromatic carbocycles. The van der Waals surface area contributed by atoms with Crippen molar-refractivity contribution >= 4 is 0 Å². The van der Waals surface area contributed by atoms with E-state index in [4.69, 9.17) is 4.74 Å². The van der Waals surface area contributed by atoms with Crippen molar-refractivity contribution in [2.75, 3.05) is 13.2 Å². The van der Waals surface area contributed by atoms with Crippen molar-refractivity contribution in [2.45, 2.75) is 59.2 Å². The Morgan fingerprint density at radius 2 is 2.16 bits per heavy atom. The second-order valence-electron chi connectivity index (χ2n) is 5.92. The van der Waals surface area contributed by atoms with Gasteiger partial charge < -0.3 is 14.6 Å². The molecule has 0 bridgehead atoms. The maximum absolute atomic E-state index is 5.64. The van der Waals surface area contributed by atoms with Crippen LogP contribution in [-0.2, 0) is 24.2 Å². The van der Waals surface area contributed by atoms with E-state index >= 15 is 0 Å². The van der Waals surface area contributed by atoms with Gasteiger partial charge in [0, 0.05) is 37.6 Å². The molecule has 0 aliphatic carbocycles. The molecular weight excluding hydrogens is 236 g/mol. The molecule has 2 rings (SSSR count). The lowest BCUT2D eigenvalue weighted by Gasteiger charge is -2.14. The highest BCUT2D eigenvalue weighted by Gasteiger charge is 2.15. The monoisotopic (exact) mass is 264 g/mol. The van der Waals surface area contributed by atoms with Gasteiger partial charge in [0.1, 0.15) is 0 Å². The lowest BCUT2D eigenvalue weighted by molar-refractivity contribution is 0.110. The van der Waals surface area contributed by atoms with Gasteiger partial charge in [0.15, 0.2) is 0 Å². The Bertz CT molecular complexity index is 378. The number of hydrogen-bond acceptors (Lipinski definition) is 2. The summed E-state index contributed by atoms with van der Waals surface area (Å²) < 4.78 is 8.08. The average molecular weight is 264 g/mol. The first kappa shape index (κ1) is 14.6. The van der Waals surface area contributed by atoms with Gasteiger partial charge >= 0.3 is 0 Å². The zero-order chi connectivity index (χ0) is 13.7. The fourth-order valence-corrected chi connectivity index (χ4v) is 2.88. The third kappa shape index (κ3) is 4.08. The first-order valence-electron chi connectivity index (χ1n) is 7.70. The predicted octanol–water partition coefficient (Wildman–Crippen LogP) is 2.98. The van der Waals surface area contributed by atoms with Gasteiger partial charge in [0.05, 0.1) is 6.10 Å². The van der Waals surface area contributed by atoms with Crippen LogP contribution >= 0.6 is 0 Å². The van der Waals surface area contributed by atoms with Crippen molar-refractivity contribution < 1.29 is 4.74 Å². The first-order chi connectivity index (χ1) is 9.20. The van der Waals surface area contributed by atoms with Crippen LogP contribution in [-0.4, -0.2) is 23.8 Å². The van der Waals surface area contributed by atoms with Gasteiger partial charge in [-0.05, 0) is 44.2 Å². The molecule has 1 atom stereocenters. The van der Waals surface area contributed by atoms with Crippen LogP contribution in [0.5, 0.6) is 0 Å². The maximum atomic E-state index is 5.64. The van der Waals surface area contributed by atoms with Crippen molar-refractivity contribution in [1.29, 1.82) is 0 Å². The Hall–Kier alpha value is -0.800. The van der Waals surface area contributed by atoms with Crippen molar-refractivity contribution in [2.24, 2.45) is 5.92 Å². The van der Waals surface area contributed by atoms with Crippen LogP contribution in [0, 0.1) is 5.92 Å². The molecule has 19 heavy (non-hydrogen) atoms. The molecule has 1 aromatic rings. The minimum Gasteiger partial charge on any atom is -0.377 e. The van der Waals surface area contributed by atoms with E-state index in [-0.39, 0.29) is 0 Å². The van der Waals surface area contributed by atoms with Crippen LogP contribution < -0.4 is 5.32 Å². The topological polar surface area (TPSA) is 26.2 Å². The van der Waals surface area contributed by atoms with E-state index in [1.807, 2.05) is 0 Å². The molecular formula is C16H28N2O. The van der Waals surface area contributed by atoms with Crippen LogP contribution in [0.15, 0.2) is 12.1 Å². The fraction of sp³-hybridized carbons (Fsp3) is 0.750.